The molecule has 0 bridgehead atoms. The quantitative estimate of drug-likeness (QED) is 0.486. The lowest BCUT2D eigenvalue weighted by atomic mass is 10.6. The third-order valence-corrected chi connectivity index (χ3v) is 2.37. The van der Waals surface area contributed by atoms with Crippen LogP contribution in [-0.2, 0) is 4.74 Å². The van der Waals surface area contributed by atoms with Gasteiger partial charge in [0.2, 0.25) is 0 Å². The summed E-state index contributed by atoms with van der Waals surface area (Å²) in [6.45, 7) is -1.37. The molecule has 0 aliphatic heterocycles. The van der Waals surface area contributed by atoms with E-state index in [0.717, 1.165) is 17.5 Å². The van der Waals surface area contributed by atoms with E-state index in [0.29, 0.717) is 0 Å². The molecule has 0 fully saturated rings. The van der Waals surface area contributed by atoms with Crippen LogP contribution in [0.4, 0.5) is 23.3 Å². The topological polar surface area (TPSA) is 77.3 Å². The van der Waals surface area contributed by atoms with Gasteiger partial charge in [-0.3, -0.25) is 10.1 Å². The molecule has 0 unspecified atom stereocenters. The van der Waals surface area contributed by atoms with Crippen LogP contribution in [0.3, 0.4) is 0 Å². The Morgan fingerprint density at radius 2 is 2.29 bits per heavy atom. The summed E-state index contributed by atoms with van der Waals surface area (Å²) in [7, 11) is 0. The van der Waals surface area contributed by atoms with Crippen molar-refractivity contribution in [1.82, 2.24) is 4.98 Å². The minimum Gasteiger partial charge on any atom is -0.370 e. The highest BCUT2D eigenvalue weighted by molar-refractivity contribution is 7.18. The van der Waals surface area contributed by atoms with E-state index >= 15 is 0 Å². The summed E-state index contributed by atoms with van der Waals surface area (Å²) < 4.78 is 39.3. The summed E-state index contributed by atoms with van der Waals surface area (Å²) in [5.74, 6) is 0. The molecule has 6 nitrogen and oxygen atoms in total. The predicted octanol–water partition coefficient (Wildman–Crippen LogP) is 2.04. The minimum absolute atomic E-state index is 0.0980. The van der Waals surface area contributed by atoms with Gasteiger partial charge >= 0.3 is 11.2 Å². The van der Waals surface area contributed by atoms with Crippen LogP contribution in [0.2, 0.25) is 0 Å². The molecule has 0 amide bonds. The molecule has 17 heavy (non-hydrogen) atoms. The van der Waals surface area contributed by atoms with Crippen molar-refractivity contribution in [3.63, 3.8) is 0 Å². The Labute approximate surface area is 97.6 Å². The summed E-state index contributed by atoms with van der Waals surface area (Å²) in [5, 5.41) is 13.1. The number of rotatable bonds is 6. The largest absolute Gasteiger partial charge is 0.411 e. The van der Waals surface area contributed by atoms with Crippen LogP contribution in [0.5, 0.6) is 0 Å². The monoisotopic (exact) mass is 271 g/mol. The summed E-state index contributed by atoms with van der Waals surface area (Å²) in [4.78, 5) is 13.4. The first kappa shape index (κ1) is 13.6. The Kier molecular flexibility index (Phi) is 4.63. The standard InChI is InChI=1S/C7H8F3N3O3S/c8-7(9,10)4-16-2-1-11-6-12-3-5(17-6)13(14)15/h3H,1-2,4H2,(H,11,12). The third-order valence-electron chi connectivity index (χ3n) is 1.46. The number of hydrogen-bond donors (Lipinski definition) is 1. The summed E-state index contributed by atoms with van der Waals surface area (Å²) in [6, 6.07) is 0. The molecular weight excluding hydrogens is 263 g/mol. The van der Waals surface area contributed by atoms with Gasteiger partial charge in [-0.25, -0.2) is 4.98 Å². The molecule has 1 aromatic heterocycles. The molecule has 1 aromatic rings. The molecule has 10 heteroatoms. The first-order valence-electron chi connectivity index (χ1n) is 4.37. The second-order valence-electron chi connectivity index (χ2n) is 2.86. The number of anilines is 1. The average Bonchev–Trinajstić information content (AvgIpc) is 2.64. The lowest BCUT2D eigenvalue weighted by Gasteiger charge is -2.07. The number of halogens is 3. The molecule has 0 atom stereocenters. The molecule has 0 aliphatic rings. The van der Waals surface area contributed by atoms with Crippen LogP contribution in [0, 0.1) is 10.1 Å². The zero-order valence-electron chi connectivity index (χ0n) is 8.36. The van der Waals surface area contributed by atoms with E-state index in [1.54, 1.807) is 0 Å². The summed E-state index contributed by atoms with van der Waals surface area (Å²) >= 11 is 0.805. The number of hydrogen-bond acceptors (Lipinski definition) is 6. The fourth-order valence-electron chi connectivity index (χ4n) is 0.850. The second kappa shape index (κ2) is 5.77. The normalized spacial score (nSPS) is 11.5. The first-order chi connectivity index (χ1) is 7.88. The van der Waals surface area contributed by atoms with Crippen molar-refractivity contribution in [2.24, 2.45) is 0 Å². The maximum Gasteiger partial charge on any atom is 0.411 e. The maximum absolute atomic E-state index is 11.7. The van der Waals surface area contributed by atoms with Gasteiger partial charge in [-0.05, 0) is 11.3 Å². The van der Waals surface area contributed by atoms with Crippen molar-refractivity contribution >= 4 is 21.5 Å². The number of thiazole rings is 1. The Hall–Kier alpha value is -1.42. The zero-order chi connectivity index (χ0) is 12.9. The van der Waals surface area contributed by atoms with Gasteiger partial charge in [-0.15, -0.1) is 0 Å². The van der Waals surface area contributed by atoms with Crippen molar-refractivity contribution in [3.05, 3.63) is 16.3 Å². The molecule has 0 radical (unpaired) electrons. The van der Waals surface area contributed by atoms with Crippen molar-refractivity contribution in [3.8, 4) is 0 Å². The van der Waals surface area contributed by atoms with Crippen LogP contribution < -0.4 is 5.32 Å². The molecule has 0 aliphatic carbocycles. The van der Waals surface area contributed by atoms with Crippen molar-refractivity contribution < 1.29 is 22.8 Å². The van der Waals surface area contributed by atoms with E-state index in [-0.39, 0.29) is 23.3 Å². The van der Waals surface area contributed by atoms with Crippen LogP contribution in [0.1, 0.15) is 0 Å². The molecular formula is C7H8F3N3O3S. The van der Waals surface area contributed by atoms with Crippen LogP contribution in [-0.4, -0.2) is 35.8 Å². The number of nitro groups is 1. The second-order valence-corrected chi connectivity index (χ2v) is 3.86. The summed E-state index contributed by atoms with van der Waals surface area (Å²) in [5.41, 5.74) is 0. The number of nitrogens with zero attached hydrogens (tertiary/aromatic N) is 2. The Morgan fingerprint density at radius 3 is 2.82 bits per heavy atom. The Morgan fingerprint density at radius 1 is 1.59 bits per heavy atom. The lowest BCUT2D eigenvalue weighted by Crippen LogP contribution is -2.20. The lowest BCUT2D eigenvalue weighted by molar-refractivity contribution is -0.380. The molecule has 96 valence electrons. The maximum atomic E-state index is 11.7. The summed E-state index contributed by atoms with van der Waals surface area (Å²) in [6.07, 6.45) is -3.27. The molecule has 1 rings (SSSR count). The number of aromatic nitrogens is 1. The zero-order valence-corrected chi connectivity index (χ0v) is 9.18. The number of ether oxygens (including phenoxy) is 1. The van der Waals surface area contributed by atoms with E-state index < -0.39 is 17.7 Å². The van der Waals surface area contributed by atoms with Crippen molar-refractivity contribution in [1.29, 1.82) is 0 Å². The van der Waals surface area contributed by atoms with Crippen LogP contribution in [0.25, 0.3) is 0 Å². The van der Waals surface area contributed by atoms with Crippen molar-refractivity contribution in [2.75, 3.05) is 25.1 Å². The van der Waals surface area contributed by atoms with E-state index in [1.807, 2.05) is 0 Å². The molecule has 1 heterocycles. The van der Waals surface area contributed by atoms with Gasteiger partial charge in [0.15, 0.2) is 5.13 Å². The highest BCUT2D eigenvalue weighted by Crippen LogP contribution is 2.24. The highest BCUT2D eigenvalue weighted by Gasteiger charge is 2.27. The fourth-order valence-corrected chi connectivity index (χ4v) is 1.51. The van der Waals surface area contributed by atoms with Gasteiger partial charge in [0.1, 0.15) is 12.8 Å². The third kappa shape index (κ3) is 5.45. The smallest absolute Gasteiger partial charge is 0.370 e. The van der Waals surface area contributed by atoms with E-state index in [1.165, 1.54) is 0 Å². The first-order valence-corrected chi connectivity index (χ1v) is 5.19. The van der Waals surface area contributed by atoms with Gasteiger partial charge < -0.3 is 10.1 Å². The van der Waals surface area contributed by atoms with Gasteiger partial charge in [0, 0.05) is 6.54 Å². The molecule has 0 aromatic carbocycles. The molecule has 0 spiro atoms. The fraction of sp³-hybridized carbons (Fsp3) is 0.571. The molecule has 0 saturated heterocycles. The van der Waals surface area contributed by atoms with E-state index in [4.69, 9.17) is 0 Å². The molecule has 0 saturated carbocycles. The minimum atomic E-state index is -4.35. The van der Waals surface area contributed by atoms with E-state index in [9.17, 15) is 23.3 Å². The SMILES string of the molecule is O=[N+]([O-])c1cnc(NCCOCC(F)(F)F)s1. The highest BCUT2D eigenvalue weighted by atomic mass is 32.1. The van der Waals surface area contributed by atoms with Crippen LogP contribution in [0.15, 0.2) is 6.20 Å². The van der Waals surface area contributed by atoms with Crippen molar-refractivity contribution in [2.45, 2.75) is 6.18 Å². The average molecular weight is 271 g/mol. The number of alkyl halides is 3. The molecule has 1 N–H and O–H groups in total. The predicted molar refractivity (Wildman–Crippen MR) is 54.1 cm³/mol. The van der Waals surface area contributed by atoms with E-state index in [2.05, 4.69) is 15.0 Å². The van der Waals surface area contributed by atoms with Gasteiger partial charge in [0.05, 0.1) is 11.5 Å². The van der Waals surface area contributed by atoms with Gasteiger partial charge in [-0.2, -0.15) is 13.2 Å². The van der Waals surface area contributed by atoms with Gasteiger partial charge in [0.25, 0.3) is 0 Å². The Balaban J connectivity index is 2.20. The van der Waals surface area contributed by atoms with Crippen LogP contribution >= 0.6 is 11.3 Å². The van der Waals surface area contributed by atoms with Gasteiger partial charge in [-0.1, -0.05) is 0 Å². The number of nitrogens with one attached hydrogen (secondary N) is 1. The Bertz CT molecular complexity index is 382.